The van der Waals surface area contributed by atoms with Gasteiger partial charge in [0.1, 0.15) is 5.54 Å². The summed E-state index contributed by atoms with van der Waals surface area (Å²) >= 11 is 0. The molecule has 0 bridgehead atoms. The highest BCUT2D eigenvalue weighted by Crippen LogP contribution is 2.36. The first kappa shape index (κ1) is 14.3. The van der Waals surface area contributed by atoms with Gasteiger partial charge in [0, 0.05) is 13.1 Å². The second kappa shape index (κ2) is 4.82. The molecule has 2 fully saturated rings. The molecular weight excluding hydrogens is 242 g/mol. The fourth-order valence-electron chi connectivity index (χ4n) is 2.86. The fourth-order valence-corrected chi connectivity index (χ4v) is 2.86. The summed E-state index contributed by atoms with van der Waals surface area (Å²) in [6, 6.07) is -0.0820. The molecule has 2 aliphatic heterocycles. The van der Waals surface area contributed by atoms with Crippen molar-refractivity contribution in [3.63, 3.8) is 0 Å². The van der Waals surface area contributed by atoms with E-state index in [-0.39, 0.29) is 30.4 Å². The number of rotatable bonds is 1. The lowest BCUT2D eigenvalue weighted by atomic mass is 9.86. The van der Waals surface area contributed by atoms with Crippen LogP contribution in [0.3, 0.4) is 0 Å². The molecule has 2 heterocycles. The number of urea groups is 1. The SMILES string of the molecule is CC(C)N1C(=O)N(C)C(=O)C12CCNCC2.Cl. The molecule has 2 saturated heterocycles. The van der Waals surface area contributed by atoms with E-state index in [4.69, 9.17) is 0 Å². The molecule has 0 unspecified atom stereocenters. The second-order valence-electron chi connectivity index (χ2n) is 4.89. The van der Waals surface area contributed by atoms with Crippen molar-refractivity contribution in [2.75, 3.05) is 20.1 Å². The first-order valence-corrected chi connectivity index (χ1v) is 5.83. The Morgan fingerprint density at radius 1 is 1.24 bits per heavy atom. The smallest absolute Gasteiger partial charge is 0.317 e. The van der Waals surface area contributed by atoms with Crippen LogP contribution in [-0.4, -0.2) is 53.5 Å². The summed E-state index contributed by atoms with van der Waals surface area (Å²) in [4.78, 5) is 27.3. The molecule has 0 aromatic heterocycles. The largest absolute Gasteiger partial charge is 0.327 e. The summed E-state index contributed by atoms with van der Waals surface area (Å²) < 4.78 is 0. The Morgan fingerprint density at radius 3 is 2.24 bits per heavy atom. The Kier molecular flexibility index (Phi) is 4.04. The van der Waals surface area contributed by atoms with Crippen LogP contribution in [-0.2, 0) is 4.79 Å². The Morgan fingerprint density at radius 2 is 1.76 bits per heavy atom. The summed E-state index contributed by atoms with van der Waals surface area (Å²) in [5, 5.41) is 3.24. The molecule has 2 rings (SSSR count). The third-order valence-electron chi connectivity index (χ3n) is 3.60. The van der Waals surface area contributed by atoms with Crippen molar-refractivity contribution in [2.24, 2.45) is 0 Å². The van der Waals surface area contributed by atoms with Gasteiger partial charge in [-0.2, -0.15) is 0 Å². The quantitative estimate of drug-likeness (QED) is 0.712. The average molecular weight is 262 g/mol. The number of carbonyl (C=O) groups is 2. The Bertz CT molecular complexity index is 327. The van der Waals surface area contributed by atoms with Crippen molar-refractivity contribution in [1.29, 1.82) is 0 Å². The molecular formula is C11H20ClN3O2. The Hall–Kier alpha value is -0.810. The standard InChI is InChI=1S/C11H19N3O2.ClH/c1-8(2)14-10(16)13(3)9(15)11(14)4-6-12-7-5-11;/h8,12H,4-7H2,1-3H3;1H. The van der Waals surface area contributed by atoms with Crippen molar-refractivity contribution in [1.82, 2.24) is 15.1 Å². The number of amides is 3. The average Bonchev–Trinajstić information content (AvgIpc) is 2.43. The second-order valence-corrected chi connectivity index (χ2v) is 4.89. The topological polar surface area (TPSA) is 52.7 Å². The fraction of sp³-hybridized carbons (Fsp3) is 0.818. The number of nitrogens with one attached hydrogen (secondary N) is 1. The normalized spacial score (nSPS) is 23.5. The maximum atomic E-state index is 12.2. The van der Waals surface area contributed by atoms with Gasteiger partial charge in [0.05, 0.1) is 0 Å². The number of piperidine rings is 1. The van der Waals surface area contributed by atoms with Crippen LogP contribution < -0.4 is 5.32 Å². The van der Waals surface area contributed by atoms with Crippen LogP contribution in [0.1, 0.15) is 26.7 Å². The maximum Gasteiger partial charge on any atom is 0.327 e. The van der Waals surface area contributed by atoms with E-state index in [2.05, 4.69) is 5.32 Å². The third-order valence-corrected chi connectivity index (χ3v) is 3.60. The molecule has 1 spiro atoms. The van der Waals surface area contributed by atoms with E-state index < -0.39 is 5.54 Å². The van der Waals surface area contributed by atoms with E-state index in [0.717, 1.165) is 25.9 Å². The molecule has 6 heteroatoms. The van der Waals surface area contributed by atoms with Gasteiger partial charge < -0.3 is 10.2 Å². The van der Waals surface area contributed by atoms with Crippen LogP contribution in [0.15, 0.2) is 0 Å². The van der Waals surface area contributed by atoms with Crippen molar-refractivity contribution < 1.29 is 9.59 Å². The minimum Gasteiger partial charge on any atom is -0.317 e. The molecule has 2 aliphatic rings. The zero-order chi connectivity index (χ0) is 11.9. The van der Waals surface area contributed by atoms with Gasteiger partial charge in [0.2, 0.25) is 0 Å². The molecule has 0 atom stereocenters. The number of likely N-dealkylation sites (N-methyl/N-ethyl adjacent to an activating group) is 1. The first-order valence-electron chi connectivity index (χ1n) is 5.83. The van der Waals surface area contributed by atoms with Crippen molar-refractivity contribution >= 4 is 24.3 Å². The van der Waals surface area contributed by atoms with Crippen LogP contribution in [0, 0.1) is 0 Å². The van der Waals surface area contributed by atoms with E-state index in [1.165, 1.54) is 4.90 Å². The molecule has 0 aromatic carbocycles. The van der Waals surface area contributed by atoms with Gasteiger partial charge in [0.15, 0.2) is 0 Å². The van der Waals surface area contributed by atoms with Crippen molar-refractivity contribution in [3.8, 4) is 0 Å². The molecule has 5 nitrogen and oxygen atoms in total. The van der Waals surface area contributed by atoms with E-state index in [1.54, 1.807) is 11.9 Å². The van der Waals surface area contributed by atoms with Crippen molar-refractivity contribution in [2.45, 2.75) is 38.3 Å². The lowest BCUT2D eigenvalue weighted by molar-refractivity contribution is -0.134. The van der Waals surface area contributed by atoms with Crippen LogP contribution in [0.25, 0.3) is 0 Å². The Labute approximate surface area is 108 Å². The predicted molar refractivity (Wildman–Crippen MR) is 67.2 cm³/mol. The zero-order valence-corrected chi connectivity index (χ0v) is 11.3. The minimum atomic E-state index is -0.578. The monoisotopic (exact) mass is 261 g/mol. The van der Waals surface area contributed by atoms with Gasteiger partial charge in [-0.25, -0.2) is 4.79 Å². The molecule has 0 aromatic rings. The van der Waals surface area contributed by atoms with Gasteiger partial charge in [-0.1, -0.05) is 0 Å². The summed E-state index contributed by atoms with van der Waals surface area (Å²) in [6.07, 6.45) is 1.44. The summed E-state index contributed by atoms with van der Waals surface area (Å²) in [6.45, 7) is 5.54. The first-order chi connectivity index (χ1) is 7.50. The van der Waals surface area contributed by atoms with E-state index in [1.807, 2.05) is 13.8 Å². The Balaban J connectivity index is 0.00000144. The van der Waals surface area contributed by atoms with Crippen LogP contribution in [0.2, 0.25) is 0 Å². The summed E-state index contributed by atoms with van der Waals surface area (Å²) in [5.74, 6) is -0.0345. The van der Waals surface area contributed by atoms with Crippen LogP contribution >= 0.6 is 12.4 Å². The number of nitrogens with zero attached hydrogens (tertiary/aromatic N) is 2. The van der Waals surface area contributed by atoms with Crippen molar-refractivity contribution in [3.05, 3.63) is 0 Å². The molecule has 0 radical (unpaired) electrons. The highest BCUT2D eigenvalue weighted by Gasteiger charge is 2.56. The lowest BCUT2D eigenvalue weighted by Gasteiger charge is -2.40. The van der Waals surface area contributed by atoms with Gasteiger partial charge in [0.25, 0.3) is 5.91 Å². The molecule has 1 N–H and O–H groups in total. The third kappa shape index (κ3) is 1.91. The van der Waals surface area contributed by atoms with Crippen LogP contribution in [0.5, 0.6) is 0 Å². The molecule has 0 aliphatic carbocycles. The maximum absolute atomic E-state index is 12.2. The highest BCUT2D eigenvalue weighted by atomic mass is 35.5. The minimum absolute atomic E-state index is 0. The number of imide groups is 1. The summed E-state index contributed by atoms with van der Waals surface area (Å²) in [7, 11) is 1.58. The van der Waals surface area contributed by atoms with E-state index in [9.17, 15) is 9.59 Å². The molecule has 0 saturated carbocycles. The number of halogens is 1. The van der Waals surface area contributed by atoms with Gasteiger partial charge in [-0.3, -0.25) is 9.69 Å². The lowest BCUT2D eigenvalue weighted by Crippen LogP contribution is -2.57. The van der Waals surface area contributed by atoms with Gasteiger partial charge in [-0.15, -0.1) is 12.4 Å². The van der Waals surface area contributed by atoms with E-state index in [0.29, 0.717) is 0 Å². The van der Waals surface area contributed by atoms with E-state index >= 15 is 0 Å². The summed E-state index contributed by atoms with van der Waals surface area (Å²) in [5.41, 5.74) is -0.578. The number of carbonyl (C=O) groups excluding carboxylic acids is 2. The highest BCUT2D eigenvalue weighted by molar-refractivity contribution is 6.07. The predicted octanol–water partition coefficient (Wildman–Crippen LogP) is 0.833. The molecule has 98 valence electrons. The van der Waals surface area contributed by atoms with Gasteiger partial charge >= 0.3 is 6.03 Å². The van der Waals surface area contributed by atoms with Gasteiger partial charge in [-0.05, 0) is 39.8 Å². The number of hydrogen-bond donors (Lipinski definition) is 1. The van der Waals surface area contributed by atoms with Crippen LogP contribution in [0.4, 0.5) is 4.79 Å². The number of hydrogen-bond acceptors (Lipinski definition) is 3. The molecule has 3 amide bonds. The zero-order valence-electron chi connectivity index (χ0n) is 10.5. The molecule has 17 heavy (non-hydrogen) atoms.